The maximum atomic E-state index is 11.1. The highest BCUT2D eigenvalue weighted by molar-refractivity contribution is 7.21. The summed E-state index contributed by atoms with van der Waals surface area (Å²) in [5, 5.41) is 0.908. The van der Waals surface area contributed by atoms with Crippen molar-refractivity contribution in [3.8, 4) is 10.6 Å². The molecule has 0 fully saturated rings. The molecule has 22 heavy (non-hydrogen) atoms. The van der Waals surface area contributed by atoms with Crippen LogP contribution in [0.25, 0.3) is 20.9 Å². The summed E-state index contributed by atoms with van der Waals surface area (Å²) in [7, 11) is 1.39. The Balaban J connectivity index is 0.00000176. The predicted octanol–water partition coefficient (Wildman–Crippen LogP) is -1.39. The molecule has 0 saturated heterocycles. The third kappa shape index (κ3) is 3.63. The molecule has 114 valence electrons. The van der Waals surface area contributed by atoms with E-state index in [4.69, 9.17) is 0 Å². The summed E-state index contributed by atoms with van der Waals surface area (Å²) >= 11 is 1.53. The van der Waals surface area contributed by atoms with Crippen molar-refractivity contribution < 1.29 is 31.1 Å². The van der Waals surface area contributed by atoms with Crippen LogP contribution in [0.5, 0.6) is 0 Å². The van der Waals surface area contributed by atoms with E-state index in [9.17, 15) is 4.79 Å². The number of hydrogen-bond acceptors (Lipinski definition) is 6. The monoisotopic (exact) mass is 380 g/mol. The normalized spacial score (nSPS) is 10.2. The molecule has 0 aromatic carbocycles. The molecule has 0 N–H and O–H groups in total. The highest BCUT2D eigenvalue weighted by Gasteiger charge is 2.10. The number of hydrogen-bond donors (Lipinski definition) is 0. The second kappa shape index (κ2) is 7.37. The van der Waals surface area contributed by atoms with Crippen LogP contribution in [0.1, 0.15) is 6.42 Å². The zero-order valence-electron chi connectivity index (χ0n) is 11.8. The number of pyridine rings is 1. The largest absolute Gasteiger partial charge is 1.00 e. The molecule has 8 heteroatoms. The molecule has 0 radical (unpaired) electrons. The topological polar surface area (TPSA) is 68.8 Å². The number of carbonyl (C=O) groups is 1. The molecule has 0 amide bonds. The Morgan fingerprint density at radius 3 is 2.82 bits per heavy atom. The van der Waals surface area contributed by atoms with Gasteiger partial charge in [-0.15, -0.1) is 0 Å². The van der Waals surface area contributed by atoms with Crippen LogP contribution in [-0.4, -0.2) is 28.0 Å². The average Bonchev–Trinajstić information content (AvgIpc) is 2.97. The molecule has 0 unspecified atom stereocenters. The van der Waals surface area contributed by atoms with Gasteiger partial charge in [-0.3, -0.25) is 4.79 Å². The number of aromatic nitrogens is 4. The fraction of sp³-hybridized carbons (Fsp3) is 0.214. The van der Waals surface area contributed by atoms with Crippen LogP contribution < -0.4 is 21.5 Å². The number of rotatable bonds is 4. The second-order valence-corrected chi connectivity index (χ2v) is 5.36. The van der Waals surface area contributed by atoms with Gasteiger partial charge >= 0.3 is 5.97 Å². The minimum atomic E-state index is -0.212. The molecule has 0 bridgehead atoms. The number of esters is 1. The van der Waals surface area contributed by atoms with Crippen molar-refractivity contribution in [3.05, 3.63) is 37.1 Å². The van der Waals surface area contributed by atoms with Crippen LogP contribution in [-0.2, 0) is 16.1 Å². The lowest BCUT2D eigenvalue weighted by Gasteiger charge is -1.98. The van der Waals surface area contributed by atoms with Crippen LogP contribution in [0.3, 0.4) is 0 Å². The Morgan fingerprint density at radius 1 is 1.36 bits per heavy atom. The first-order chi connectivity index (χ1) is 10.3. The minimum Gasteiger partial charge on any atom is -1.00 e. The Morgan fingerprint density at radius 2 is 2.14 bits per heavy atom. The Bertz CT molecular complexity index is 743. The van der Waals surface area contributed by atoms with Crippen molar-refractivity contribution in [1.82, 2.24) is 15.0 Å². The summed E-state index contributed by atoms with van der Waals surface area (Å²) in [6.07, 6.45) is 7.45. The number of nitrogens with zero attached hydrogens (tertiary/aromatic N) is 4. The zero-order valence-corrected chi connectivity index (χ0v) is 14.2. The van der Waals surface area contributed by atoms with Crippen molar-refractivity contribution in [3.63, 3.8) is 0 Å². The van der Waals surface area contributed by atoms with Gasteiger partial charge in [-0.05, 0) is 0 Å². The van der Waals surface area contributed by atoms with Crippen LogP contribution in [0.15, 0.2) is 37.1 Å². The van der Waals surface area contributed by atoms with E-state index in [1.807, 2.05) is 29.1 Å². The SMILES string of the molecule is COC(=O)CC[n+]1ccc(-c2nc3cncnc3s2)cc1.[Br-]. The quantitative estimate of drug-likeness (QED) is 0.411. The zero-order chi connectivity index (χ0) is 14.7. The number of thiazole rings is 1. The smallest absolute Gasteiger partial charge is 0.311 e. The molecule has 3 aromatic rings. The Kier molecular flexibility index (Phi) is 5.51. The first-order valence-corrected chi connectivity index (χ1v) is 7.21. The molecular formula is C14H13BrN4O2S. The summed E-state index contributed by atoms with van der Waals surface area (Å²) in [4.78, 5) is 24.7. The second-order valence-electron chi connectivity index (χ2n) is 4.38. The number of methoxy groups -OCH3 is 1. The van der Waals surface area contributed by atoms with E-state index in [0.29, 0.717) is 13.0 Å². The molecule has 3 rings (SSSR count). The standard InChI is InChI=1S/C14H13N4O2S.BrH/c1-20-12(19)4-7-18-5-2-10(3-6-18)13-17-11-8-15-9-16-14(11)21-13;/h2-3,5-6,8-9H,4,7H2,1H3;1H/q+1;/p-1. The van der Waals surface area contributed by atoms with Crippen LogP contribution in [0.2, 0.25) is 0 Å². The molecule has 0 atom stereocenters. The van der Waals surface area contributed by atoms with Gasteiger partial charge in [-0.1, -0.05) is 11.3 Å². The van der Waals surface area contributed by atoms with E-state index >= 15 is 0 Å². The minimum absolute atomic E-state index is 0. The molecule has 0 spiro atoms. The molecule has 0 aliphatic rings. The van der Waals surface area contributed by atoms with Gasteiger partial charge in [0, 0.05) is 17.7 Å². The van der Waals surface area contributed by atoms with E-state index in [-0.39, 0.29) is 23.0 Å². The summed E-state index contributed by atoms with van der Waals surface area (Å²) in [5.74, 6) is -0.212. The van der Waals surface area contributed by atoms with E-state index in [1.54, 1.807) is 6.20 Å². The van der Waals surface area contributed by atoms with Gasteiger partial charge in [-0.25, -0.2) is 19.5 Å². The van der Waals surface area contributed by atoms with Crippen molar-refractivity contribution in [2.75, 3.05) is 7.11 Å². The summed E-state index contributed by atoms with van der Waals surface area (Å²) in [5.41, 5.74) is 1.83. The highest BCUT2D eigenvalue weighted by atomic mass is 79.9. The lowest BCUT2D eigenvalue weighted by molar-refractivity contribution is -0.695. The van der Waals surface area contributed by atoms with Crippen molar-refractivity contribution in [1.29, 1.82) is 0 Å². The molecule has 3 aromatic heterocycles. The summed E-state index contributed by atoms with van der Waals surface area (Å²) in [6.45, 7) is 0.596. The molecule has 0 aliphatic carbocycles. The fourth-order valence-electron chi connectivity index (χ4n) is 1.89. The number of aryl methyl sites for hydroxylation is 1. The van der Waals surface area contributed by atoms with Gasteiger partial charge in [0.15, 0.2) is 18.9 Å². The first kappa shape index (κ1) is 16.4. The Labute approximate surface area is 141 Å². The molecule has 0 saturated carbocycles. The van der Waals surface area contributed by atoms with E-state index < -0.39 is 0 Å². The van der Waals surface area contributed by atoms with E-state index in [1.165, 1.54) is 24.8 Å². The molecule has 3 heterocycles. The van der Waals surface area contributed by atoms with Crippen LogP contribution in [0.4, 0.5) is 0 Å². The van der Waals surface area contributed by atoms with Crippen molar-refractivity contribution in [2.45, 2.75) is 13.0 Å². The van der Waals surface area contributed by atoms with Gasteiger partial charge < -0.3 is 21.7 Å². The number of halogens is 1. The third-order valence-corrected chi connectivity index (χ3v) is 4.04. The average molecular weight is 381 g/mol. The van der Waals surface area contributed by atoms with Crippen LogP contribution >= 0.6 is 11.3 Å². The predicted molar refractivity (Wildman–Crippen MR) is 77.5 cm³/mol. The molecule has 6 nitrogen and oxygen atoms in total. The lowest BCUT2D eigenvalue weighted by Crippen LogP contribution is -3.00. The van der Waals surface area contributed by atoms with Crippen molar-refractivity contribution >= 4 is 27.7 Å². The van der Waals surface area contributed by atoms with Crippen LogP contribution in [0, 0.1) is 0 Å². The Hall–Kier alpha value is -1.93. The highest BCUT2D eigenvalue weighted by Crippen LogP contribution is 2.27. The summed E-state index contributed by atoms with van der Waals surface area (Å²) in [6, 6.07) is 3.95. The first-order valence-electron chi connectivity index (χ1n) is 6.39. The van der Waals surface area contributed by atoms with Crippen molar-refractivity contribution in [2.24, 2.45) is 0 Å². The van der Waals surface area contributed by atoms with E-state index in [2.05, 4.69) is 19.7 Å². The molecule has 0 aliphatic heterocycles. The number of carbonyl (C=O) groups excluding carboxylic acids is 1. The maximum absolute atomic E-state index is 11.1. The van der Waals surface area contributed by atoms with Gasteiger partial charge in [0.2, 0.25) is 0 Å². The number of fused-ring (bicyclic) bond motifs is 1. The van der Waals surface area contributed by atoms with E-state index in [0.717, 1.165) is 20.9 Å². The number of ether oxygens (including phenoxy) is 1. The van der Waals surface area contributed by atoms with Gasteiger partial charge in [-0.2, -0.15) is 0 Å². The lowest BCUT2D eigenvalue weighted by atomic mass is 10.3. The van der Waals surface area contributed by atoms with Gasteiger partial charge in [0.25, 0.3) is 0 Å². The molecular weight excluding hydrogens is 368 g/mol. The van der Waals surface area contributed by atoms with Gasteiger partial charge in [0.05, 0.1) is 13.3 Å². The fourth-order valence-corrected chi connectivity index (χ4v) is 2.77. The maximum Gasteiger partial charge on any atom is 0.311 e. The summed E-state index contributed by atoms with van der Waals surface area (Å²) < 4.78 is 6.56. The van der Waals surface area contributed by atoms with Gasteiger partial charge in [0.1, 0.15) is 28.1 Å². The third-order valence-electron chi connectivity index (χ3n) is 3.01.